The molecule has 0 aliphatic carbocycles. The number of pyridine rings is 1. The molecule has 0 aliphatic heterocycles. The minimum Gasteiger partial charge on any atom is -0.468 e. The molecule has 3 heterocycles. The first kappa shape index (κ1) is 20.5. The third-order valence-electron chi connectivity index (χ3n) is 5.07. The van der Waals surface area contributed by atoms with Crippen molar-refractivity contribution in [2.24, 2.45) is 7.05 Å². The molecule has 1 amide bonds. The van der Waals surface area contributed by atoms with E-state index in [0.29, 0.717) is 29.6 Å². The minimum absolute atomic E-state index is 0.0990. The number of aryl methyl sites for hydroxylation is 3. The summed E-state index contributed by atoms with van der Waals surface area (Å²) in [7, 11) is 1.81. The highest BCUT2D eigenvalue weighted by molar-refractivity contribution is 5.92. The maximum Gasteiger partial charge on any atom is 0.258 e. The van der Waals surface area contributed by atoms with Gasteiger partial charge >= 0.3 is 0 Å². The molecule has 1 N–H and O–H groups in total. The predicted molar refractivity (Wildman–Crippen MR) is 118 cm³/mol. The monoisotopic (exact) mass is 416 g/mol. The summed E-state index contributed by atoms with van der Waals surface area (Å²) in [4.78, 5) is 25.3. The Morgan fingerprint density at radius 1 is 1.10 bits per heavy atom. The molecular weight excluding hydrogens is 392 g/mol. The van der Waals surface area contributed by atoms with Gasteiger partial charge < -0.3 is 10.1 Å². The zero-order valence-corrected chi connectivity index (χ0v) is 17.8. The van der Waals surface area contributed by atoms with E-state index < -0.39 is 0 Å². The molecule has 0 saturated carbocycles. The highest BCUT2D eigenvalue weighted by Crippen LogP contribution is 2.29. The lowest BCUT2D eigenvalue weighted by molar-refractivity contribution is -0.123. The standard InChI is InChI=1S/C23H24N6O2/c1-15-7-4-5-8-17(15)9-12-24-18(30)14-31-19-13-16(2)20-21(22-25-10-6-11-26-22)28-29(3)23(20)27-19/h4-8,10-11,13H,9,12,14H2,1-3H3,(H,24,30). The highest BCUT2D eigenvalue weighted by Gasteiger charge is 2.18. The van der Waals surface area contributed by atoms with Crippen LogP contribution in [0.3, 0.4) is 0 Å². The van der Waals surface area contributed by atoms with E-state index in [0.717, 1.165) is 17.4 Å². The van der Waals surface area contributed by atoms with Gasteiger partial charge in [-0.15, -0.1) is 0 Å². The molecular formula is C23H24N6O2. The van der Waals surface area contributed by atoms with Gasteiger partial charge in [-0.25, -0.2) is 14.6 Å². The molecule has 31 heavy (non-hydrogen) atoms. The van der Waals surface area contributed by atoms with Crippen molar-refractivity contribution in [1.82, 2.24) is 30.0 Å². The molecule has 0 unspecified atom stereocenters. The van der Waals surface area contributed by atoms with Crippen LogP contribution in [0.25, 0.3) is 22.6 Å². The Labute approximate surface area is 180 Å². The van der Waals surface area contributed by atoms with Gasteiger partial charge in [0.15, 0.2) is 18.1 Å². The molecule has 0 saturated heterocycles. The first-order valence-electron chi connectivity index (χ1n) is 10.1. The number of carbonyl (C=O) groups excluding carboxylic acids is 1. The van der Waals surface area contributed by atoms with Crippen LogP contribution in [0, 0.1) is 13.8 Å². The van der Waals surface area contributed by atoms with Gasteiger partial charge in [0.1, 0.15) is 5.69 Å². The van der Waals surface area contributed by atoms with Gasteiger partial charge in [-0.05, 0) is 43.0 Å². The molecule has 0 atom stereocenters. The minimum atomic E-state index is -0.184. The number of nitrogens with zero attached hydrogens (tertiary/aromatic N) is 5. The molecule has 0 aliphatic rings. The average molecular weight is 416 g/mol. The molecule has 3 aromatic heterocycles. The zero-order valence-electron chi connectivity index (χ0n) is 17.8. The van der Waals surface area contributed by atoms with Gasteiger partial charge in [-0.1, -0.05) is 24.3 Å². The van der Waals surface area contributed by atoms with Crippen LogP contribution in [0.4, 0.5) is 0 Å². The second-order valence-electron chi connectivity index (χ2n) is 7.34. The van der Waals surface area contributed by atoms with Crippen LogP contribution in [0.15, 0.2) is 48.8 Å². The molecule has 8 heteroatoms. The Hall–Kier alpha value is -3.81. The van der Waals surface area contributed by atoms with Crippen molar-refractivity contribution in [2.45, 2.75) is 20.3 Å². The van der Waals surface area contributed by atoms with Crippen LogP contribution < -0.4 is 10.1 Å². The molecule has 0 bridgehead atoms. The quantitative estimate of drug-likeness (QED) is 0.498. The third-order valence-corrected chi connectivity index (χ3v) is 5.07. The average Bonchev–Trinajstić information content (AvgIpc) is 3.11. The topological polar surface area (TPSA) is 94.8 Å². The van der Waals surface area contributed by atoms with Crippen LogP contribution in [0.1, 0.15) is 16.7 Å². The zero-order chi connectivity index (χ0) is 21.8. The summed E-state index contributed by atoms with van der Waals surface area (Å²) in [6.45, 7) is 4.48. The third kappa shape index (κ3) is 4.53. The fourth-order valence-corrected chi connectivity index (χ4v) is 3.47. The lowest BCUT2D eigenvalue weighted by atomic mass is 10.1. The summed E-state index contributed by atoms with van der Waals surface area (Å²) < 4.78 is 7.33. The lowest BCUT2D eigenvalue weighted by Crippen LogP contribution is -2.30. The molecule has 0 radical (unpaired) electrons. The van der Waals surface area contributed by atoms with Crippen LogP contribution in [-0.2, 0) is 18.3 Å². The van der Waals surface area contributed by atoms with Crippen molar-refractivity contribution in [3.05, 3.63) is 65.5 Å². The second-order valence-corrected chi connectivity index (χ2v) is 7.34. The van der Waals surface area contributed by atoms with E-state index in [1.54, 1.807) is 29.2 Å². The number of amides is 1. The molecule has 8 nitrogen and oxygen atoms in total. The Bertz CT molecular complexity index is 1220. The molecule has 0 spiro atoms. The van der Waals surface area contributed by atoms with Gasteiger partial charge in [0.2, 0.25) is 5.88 Å². The number of hydrogen-bond acceptors (Lipinski definition) is 6. The van der Waals surface area contributed by atoms with Crippen molar-refractivity contribution in [2.75, 3.05) is 13.2 Å². The van der Waals surface area contributed by atoms with E-state index in [1.807, 2.05) is 26.1 Å². The normalized spacial score (nSPS) is 10.9. The van der Waals surface area contributed by atoms with Gasteiger partial charge in [0.05, 0.1) is 5.39 Å². The number of aromatic nitrogens is 5. The van der Waals surface area contributed by atoms with Gasteiger partial charge in [-0.2, -0.15) is 10.1 Å². The van der Waals surface area contributed by atoms with E-state index in [-0.39, 0.29) is 12.5 Å². The van der Waals surface area contributed by atoms with E-state index in [1.165, 1.54) is 11.1 Å². The number of rotatable bonds is 7. The fourth-order valence-electron chi connectivity index (χ4n) is 3.47. The first-order valence-corrected chi connectivity index (χ1v) is 10.1. The largest absolute Gasteiger partial charge is 0.468 e. The van der Waals surface area contributed by atoms with E-state index >= 15 is 0 Å². The Morgan fingerprint density at radius 2 is 1.87 bits per heavy atom. The van der Waals surface area contributed by atoms with Crippen molar-refractivity contribution >= 4 is 16.9 Å². The first-order chi connectivity index (χ1) is 15.0. The Morgan fingerprint density at radius 3 is 2.65 bits per heavy atom. The number of nitrogens with one attached hydrogen (secondary N) is 1. The Kier molecular flexibility index (Phi) is 5.88. The maximum atomic E-state index is 12.2. The summed E-state index contributed by atoms with van der Waals surface area (Å²) >= 11 is 0. The van der Waals surface area contributed by atoms with Crippen molar-refractivity contribution < 1.29 is 9.53 Å². The summed E-state index contributed by atoms with van der Waals surface area (Å²) in [5, 5.41) is 8.28. The van der Waals surface area contributed by atoms with Crippen LogP contribution in [0.5, 0.6) is 5.88 Å². The maximum absolute atomic E-state index is 12.2. The highest BCUT2D eigenvalue weighted by atomic mass is 16.5. The van der Waals surface area contributed by atoms with Gasteiger partial charge in [0, 0.05) is 32.1 Å². The molecule has 4 aromatic rings. The van der Waals surface area contributed by atoms with E-state index in [4.69, 9.17) is 4.74 Å². The van der Waals surface area contributed by atoms with E-state index in [2.05, 4.69) is 44.4 Å². The van der Waals surface area contributed by atoms with Crippen molar-refractivity contribution in [3.8, 4) is 17.4 Å². The SMILES string of the molecule is Cc1ccccc1CCNC(=O)COc1cc(C)c2c(-c3ncccn3)nn(C)c2n1. The fraction of sp³-hybridized carbons (Fsp3) is 0.261. The van der Waals surface area contributed by atoms with E-state index in [9.17, 15) is 4.79 Å². The number of fused-ring (bicyclic) bond motifs is 1. The number of hydrogen-bond donors (Lipinski definition) is 1. The molecule has 4 rings (SSSR count). The summed E-state index contributed by atoms with van der Waals surface area (Å²) in [5.41, 5.74) is 4.69. The number of benzene rings is 1. The number of carbonyl (C=O) groups is 1. The number of ether oxygens (including phenoxy) is 1. The lowest BCUT2D eigenvalue weighted by Gasteiger charge is -2.09. The van der Waals surface area contributed by atoms with Crippen LogP contribution in [-0.4, -0.2) is 43.8 Å². The van der Waals surface area contributed by atoms with Gasteiger partial charge in [0.25, 0.3) is 5.91 Å². The molecule has 1 aromatic carbocycles. The van der Waals surface area contributed by atoms with Crippen LogP contribution in [0.2, 0.25) is 0 Å². The summed E-state index contributed by atoms with van der Waals surface area (Å²) in [5.74, 6) is 0.735. The van der Waals surface area contributed by atoms with Crippen molar-refractivity contribution in [3.63, 3.8) is 0 Å². The summed E-state index contributed by atoms with van der Waals surface area (Å²) in [6, 6.07) is 11.7. The smallest absolute Gasteiger partial charge is 0.258 e. The second kappa shape index (κ2) is 8.91. The predicted octanol–water partition coefficient (Wildman–Crippen LogP) is 2.78. The molecule has 158 valence electrons. The molecule has 0 fully saturated rings. The van der Waals surface area contributed by atoms with Crippen LogP contribution >= 0.6 is 0 Å². The Balaban J connectivity index is 1.42. The van der Waals surface area contributed by atoms with Crippen molar-refractivity contribution in [1.29, 1.82) is 0 Å². The van der Waals surface area contributed by atoms with Gasteiger partial charge in [-0.3, -0.25) is 4.79 Å². The summed E-state index contributed by atoms with van der Waals surface area (Å²) in [6.07, 6.45) is 4.14.